The summed E-state index contributed by atoms with van der Waals surface area (Å²) in [5, 5.41) is 8.80. The molecule has 0 spiro atoms. The molecule has 1 aromatic rings. The lowest BCUT2D eigenvalue weighted by Crippen LogP contribution is -2.16. The highest BCUT2D eigenvalue weighted by Gasteiger charge is 2.25. The highest BCUT2D eigenvalue weighted by atomic mass is 16.5. The van der Waals surface area contributed by atoms with E-state index in [9.17, 15) is 9.59 Å². The molecule has 1 saturated carbocycles. The van der Waals surface area contributed by atoms with Crippen LogP contribution in [0, 0.1) is 19.8 Å². The number of ketones is 1. The van der Waals surface area contributed by atoms with Crippen LogP contribution < -0.4 is 4.74 Å². The predicted octanol–water partition coefficient (Wildman–Crippen LogP) is 2.36. The van der Waals surface area contributed by atoms with Crippen LogP contribution in [0.5, 0.6) is 5.75 Å². The fourth-order valence-corrected chi connectivity index (χ4v) is 1.76. The highest BCUT2D eigenvalue weighted by molar-refractivity contribution is 6.40. The summed E-state index contributed by atoms with van der Waals surface area (Å²) in [5.74, 6) is -1.38. The van der Waals surface area contributed by atoms with Crippen molar-refractivity contribution in [2.45, 2.75) is 26.7 Å². The molecular formula is C14H16O4. The molecule has 1 N–H and O–H groups in total. The van der Waals surface area contributed by atoms with Crippen molar-refractivity contribution in [2.75, 3.05) is 6.61 Å². The Kier molecular flexibility index (Phi) is 3.36. The molecule has 1 aliphatic carbocycles. The van der Waals surface area contributed by atoms with Gasteiger partial charge in [-0.1, -0.05) is 6.07 Å². The zero-order valence-corrected chi connectivity index (χ0v) is 10.5. The van der Waals surface area contributed by atoms with Crippen molar-refractivity contribution < 1.29 is 19.4 Å². The minimum Gasteiger partial charge on any atom is -0.492 e. The number of carboxylic acid groups (broad SMARTS) is 1. The van der Waals surface area contributed by atoms with E-state index in [4.69, 9.17) is 9.84 Å². The molecule has 2 rings (SSSR count). The minimum atomic E-state index is -1.45. The number of benzene rings is 1. The summed E-state index contributed by atoms with van der Waals surface area (Å²) in [5.41, 5.74) is 1.97. The van der Waals surface area contributed by atoms with Gasteiger partial charge in [-0.3, -0.25) is 4.79 Å². The van der Waals surface area contributed by atoms with E-state index in [1.165, 1.54) is 6.07 Å². The van der Waals surface area contributed by atoms with Gasteiger partial charge in [0.2, 0.25) is 0 Å². The second kappa shape index (κ2) is 4.80. The van der Waals surface area contributed by atoms with Crippen LogP contribution in [0.2, 0.25) is 0 Å². The average molecular weight is 248 g/mol. The van der Waals surface area contributed by atoms with Gasteiger partial charge in [0.05, 0.1) is 12.2 Å². The molecule has 0 radical (unpaired) electrons. The van der Waals surface area contributed by atoms with Crippen LogP contribution in [0.3, 0.4) is 0 Å². The van der Waals surface area contributed by atoms with Gasteiger partial charge in [-0.05, 0) is 49.8 Å². The van der Waals surface area contributed by atoms with Crippen LogP contribution in [-0.2, 0) is 4.79 Å². The van der Waals surface area contributed by atoms with Gasteiger partial charge in [-0.15, -0.1) is 0 Å². The summed E-state index contributed by atoms with van der Waals surface area (Å²) < 4.78 is 5.66. The summed E-state index contributed by atoms with van der Waals surface area (Å²) in [4.78, 5) is 22.4. The van der Waals surface area contributed by atoms with Crippen LogP contribution in [0.4, 0.5) is 0 Å². The maximum Gasteiger partial charge on any atom is 0.377 e. The summed E-state index contributed by atoms with van der Waals surface area (Å²) >= 11 is 0. The van der Waals surface area contributed by atoms with E-state index in [0.717, 1.165) is 24.0 Å². The Bertz CT molecular complexity index is 501. The molecule has 18 heavy (non-hydrogen) atoms. The second-order valence-electron chi connectivity index (χ2n) is 4.77. The molecule has 0 aromatic heterocycles. The Hall–Kier alpha value is -1.84. The molecule has 4 heteroatoms. The van der Waals surface area contributed by atoms with Gasteiger partial charge in [0.25, 0.3) is 5.78 Å². The van der Waals surface area contributed by atoms with E-state index < -0.39 is 11.8 Å². The topological polar surface area (TPSA) is 63.6 Å². The number of aliphatic carboxylic acids is 1. The quantitative estimate of drug-likeness (QED) is 0.641. The summed E-state index contributed by atoms with van der Waals surface area (Å²) in [6.45, 7) is 4.31. The first-order valence-corrected chi connectivity index (χ1v) is 6.01. The van der Waals surface area contributed by atoms with Crippen molar-refractivity contribution in [3.05, 3.63) is 28.8 Å². The zero-order valence-electron chi connectivity index (χ0n) is 10.5. The van der Waals surface area contributed by atoms with Gasteiger partial charge in [0.15, 0.2) is 0 Å². The monoisotopic (exact) mass is 248 g/mol. The third-order valence-electron chi connectivity index (χ3n) is 3.28. The Labute approximate surface area is 106 Å². The van der Waals surface area contributed by atoms with Crippen molar-refractivity contribution in [3.63, 3.8) is 0 Å². The second-order valence-corrected chi connectivity index (χ2v) is 4.77. The van der Waals surface area contributed by atoms with Gasteiger partial charge < -0.3 is 9.84 Å². The summed E-state index contributed by atoms with van der Waals surface area (Å²) in [7, 11) is 0. The summed E-state index contributed by atoms with van der Waals surface area (Å²) in [6.07, 6.45) is 2.29. The fraction of sp³-hybridized carbons (Fsp3) is 0.429. The zero-order chi connectivity index (χ0) is 13.3. The first-order chi connectivity index (χ1) is 8.50. The molecule has 0 amide bonds. The number of carbonyl (C=O) groups excluding carboxylic acids is 1. The number of aryl methyl sites for hydroxylation is 1. The van der Waals surface area contributed by atoms with Crippen molar-refractivity contribution in [3.8, 4) is 5.75 Å². The molecular weight excluding hydrogens is 232 g/mol. The average Bonchev–Trinajstić information content (AvgIpc) is 3.14. The summed E-state index contributed by atoms with van der Waals surface area (Å²) in [6, 6.07) is 3.27. The molecule has 0 atom stereocenters. The molecule has 96 valence electrons. The SMILES string of the molecule is Cc1ccc(C(=O)C(=O)O)c(OCC2CC2)c1C. The Morgan fingerprint density at radius 2 is 2.00 bits per heavy atom. The van der Waals surface area contributed by atoms with Crippen LogP contribution in [0.25, 0.3) is 0 Å². The molecule has 4 nitrogen and oxygen atoms in total. The van der Waals surface area contributed by atoms with Gasteiger partial charge in [-0.2, -0.15) is 0 Å². The number of carbonyl (C=O) groups is 2. The molecule has 1 fully saturated rings. The van der Waals surface area contributed by atoms with Crippen molar-refractivity contribution >= 4 is 11.8 Å². The maximum absolute atomic E-state index is 11.6. The van der Waals surface area contributed by atoms with Gasteiger partial charge in [0, 0.05) is 0 Å². The van der Waals surface area contributed by atoms with Crippen LogP contribution in [0.15, 0.2) is 12.1 Å². The Balaban J connectivity index is 2.34. The van der Waals surface area contributed by atoms with E-state index in [-0.39, 0.29) is 5.56 Å². The van der Waals surface area contributed by atoms with Crippen LogP contribution >= 0.6 is 0 Å². The van der Waals surface area contributed by atoms with Gasteiger partial charge >= 0.3 is 5.97 Å². The number of carboxylic acids is 1. The van der Waals surface area contributed by atoms with E-state index in [2.05, 4.69) is 0 Å². The lowest BCUT2D eigenvalue weighted by molar-refractivity contribution is -0.131. The Morgan fingerprint density at radius 3 is 2.56 bits per heavy atom. The number of rotatable bonds is 5. The number of Topliss-reactive ketones (excluding diaryl/α,β-unsaturated/α-hetero) is 1. The van der Waals surface area contributed by atoms with E-state index in [1.54, 1.807) is 6.07 Å². The molecule has 1 aromatic carbocycles. The van der Waals surface area contributed by atoms with Crippen LogP contribution in [-0.4, -0.2) is 23.5 Å². The number of ether oxygens (including phenoxy) is 1. The van der Waals surface area contributed by atoms with Gasteiger partial charge in [0.1, 0.15) is 5.75 Å². The standard InChI is InChI=1S/C14H16O4/c1-8-3-6-11(12(15)14(16)17)13(9(8)2)18-7-10-4-5-10/h3,6,10H,4-5,7H2,1-2H3,(H,16,17). The predicted molar refractivity (Wildman–Crippen MR) is 66.1 cm³/mol. The maximum atomic E-state index is 11.6. The van der Waals surface area contributed by atoms with Gasteiger partial charge in [-0.25, -0.2) is 4.79 Å². The molecule has 0 bridgehead atoms. The van der Waals surface area contributed by atoms with Crippen LogP contribution in [0.1, 0.15) is 34.3 Å². The van der Waals surface area contributed by atoms with E-state index in [0.29, 0.717) is 18.3 Å². The third kappa shape index (κ3) is 2.53. The van der Waals surface area contributed by atoms with Crippen molar-refractivity contribution in [1.82, 2.24) is 0 Å². The number of hydrogen-bond donors (Lipinski definition) is 1. The normalized spacial score (nSPS) is 14.3. The third-order valence-corrected chi connectivity index (χ3v) is 3.28. The highest BCUT2D eigenvalue weighted by Crippen LogP contribution is 2.32. The van der Waals surface area contributed by atoms with E-state index >= 15 is 0 Å². The lowest BCUT2D eigenvalue weighted by atomic mass is 10.0. The fourth-order valence-electron chi connectivity index (χ4n) is 1.76. The molecule has 0 saturated heterocycles. The first-order valence-electron chi connectivity index (χ1n) is 6.01. The van der Waals surface area contributed by atoms with Crippen molar-refractivity contribution in [2.24, 2.45) is 5.92 Å². The molecule has 0 aliphatic heterocycles. The van der Waals surface area contributed by atoms with Crippen molar-refractivity contribution in [1.29, 1.82) is 0 Å². The first kappa shape index (κ1) is 12.6. The minimum absolute atomic E-state index is 0.145. The largest absolute Gasteiger partial charge is 0.492 e. The molecule has 0 unspecified atom stereocenters. The molecule has 0 heterocycles. The smallest absolute Gasteiger partial charge is 0.377 e. The lowest BCUT2D eigenvalue weighted by Gasteiger charge is -2.14. The Morgan fingerprint density at radius 1 is 1.33 bits per heavy atom. The van der Waals surface area contributed by atoms with E-state index in [1.807, 2.05) is 13.8 Å². The molecule has 1 aliphatic rings. The number of hydrogen-bond acceptors (Lipinski definition) is 3.